The summed E-state index contributed by atoms with van der Waals surface area (Å²) in [4.78, 5) is 15.2. The molecule has 20 heavy (non-hydrogen) atoms. The molecule has 3 rings (SSSR count). The van der Waals surface area contributed by atoms with Crippen LogP contribution in [0, 0.1) is 6.92 Å². The quantitative estimate of drug-likeness (QED) is 0.761. The smallest absolute Gasteiger partial charge is 0.339 e. The topological polar surface area (TPSA) is 62.2 Å². The number of aromatic carboxylic acids is 1. The van der Waals surface area contributed by atoms with Gasteiger partial charge in [0, 0.05) is 22.3 Å². The zero-order valence-electron chi connectivity index (χ0n) is 10.8. The van der Waals surface area contributed by atoms with Crippen molar-refractivity contribution >= 4 is 38.8 Å². The Kier molecular flexibility index (Phi) is 3.12. The molecule has 0 bridgehead atoms. The summed E-state index contributed by atoms with van der Waals surface area (Å²) in [5.74, 6) is -0.989. The zero-order chi connectivity index (χ0) is 14.1. The van der Waals surface area contributed by atoms with Crippen molar-refractivity contribution < 1.29 is 9.90 Å². The van der Waals surface area contributed by atoms with Crippen LogP contribution in [0.2, 0.25) is 0 Å². The zero-order valence-corrected chi connectivity index (χ0v) is 11.6. The maximum atomic E-state index is 11.2. The van der Waals surface area contributed by atoms with Gasteiger partial charge < -0.3 is 10.4 Å². The minimum Gasteiger partial charge on any atom is -0.478 e. The van der Waals surface area contributed by atoms with Crippen molar-refractivity contribution in [2.24, 2.45) is 0 Å². The van der Waals surface area contributed by atoms with Gasteiger partial charge in [-0.2, -0.15) is 0 Å². The molecule has 0 aliphatic rings. The van der Waals surface area contributed by atoms with Crippen molar-refractivity contribution in [2.45, 2.75) is 6.92 Å². The molecule has 2 heterocycles. The van der Waals surface area contributed by atoms with Crippen LogP contribution >= 0.6 is 11.3 Å². The van der Waals surface area contributed by atoms with Crippen LogP contribution in [-0.2, 0) is 0 Å². The van der Waals surface area contributed by atoms with Crippen molar-refractivity contribution in [1.29, 1.82) is 0 Å². The van der Waals surface area contributed by atoms with Crippen molar-refractivity contribution in [3.63, 3.8) is 0 Å². The number of aryl methyl sites for hydroxylation is 1. The lowest BCUT2D eigenvalue weighted by Gasteiger charge is -2.10. The SMILES string of the molecule is Cc1cc(Nc2ccc3sccc3c2)c(C(=O)O)cn1. The fourth-order valence-electron chi connectivity index (χ4n) is 2.03. The molecule has 0 amide bonds. The van der Waals surface area contributed by atoms with Crippen molar-refractivity contribution in [3.8, 4) is 0 Å². The molecule has 2 N–H and O–H groups in total. The summed E-state index contributed by atoms with van der Waals surface area (Å²) in [5.41, 5.74) is 2.36. The van der Waals surface area contributed by atoms with Crippen molar-refractivity contribution in [2.75, 3.05) is 5.32 Å². The maximum Gasteiger partial charge on any atom is 0.339 e. The number of hydrogen-bond donors (Lipinski definition) is 2. The number of carboxylic acids is 1. The fraction of sp³-hybridized carbons (Fsp3) is 0.0667. The summed E-state index contributed by atoms with van der Waals surface area (Å²) < 4.78 is 1.21. The van der Waals surface area contributed by atoms with Gasteiger partial charge in [-0.15, -0.1) is 11.3 Å². The van der Waals surface area contributed by atoms with Crippen LogP contribution in [0.25, 0.3) is 10.1 Å². The molecule has 0 unspecified atom stereocenters. The number of carbonyl (C=O) groups is 1. The Morgan fingerprint density at radius 2 is 2.15 bits per heavy atom. The highest BCUT2D eigenvalue weighted by atomic mass is 32.1. The normalized spacial score (nSPS) is 10.7. The van der Waals surface area contributed by atoms with Crippen LogP contribution < -0.4 is 5.32 Å². The Morgan fingerprint density at radius 1 is 1.30 bits per heavy atom. The third-order valence-corrected chi connectivity index (χ3v) is 3.90. The summed E-state index contributed by atoms with van der Waals surface area (Å²) in [5, 5.41) is 15.5. The number of benzene rings is 1. The Bertz CT molecular complexity index is 795. The average Bonchev–Trinajstić information content (AvgIpc) is 2.85. The van der Waals surface area contributed by atoms with Gasteiger partial charge in [0.25, 0.3) is 0 Å². The van der Waals surface area contributed by atoms with E-state index in [1.165, 1.54) is 10.9 Å². The molecule has 0 aliphatic heterocycles. The Morgan fingerprint density at radius 3 is 2.95 bits per heavy atom. The van der Waals surface area contributed by atoms with Gasteiger partial charge in [-0.3, -0.25) is 4.98 Å². The van der Waals surface area contributed by atoms with E-state index in [1.54, 1.807) is 17.4 Å². The van der Waals surface area contributed by atoms with E-state index in [4.69, 9.17) is 0 Å². The molecule has 0 fully saturated rings. The van der Waals surface area contributed by atoms with Gasteiger partial charge in [-0.1, -0.05) is 0 Å². The first-order valence-electron chi connectivity index (χ1n) is 6.08. The van der Waals surface area contributed by atoms with Crippen LogP contribution in [0.3, 0.4) is 0 Å². The Labute approximate surface area is 119 Å². The third-order valence-electron chi connectivity index (χ3n) is 3.00. The van der Waals surface area contributed by atoms with E-state index in [-0.39, 0.29) is 5.56 Å². The lowest BCUT2D eigenvalue weighted by atomic mass is 10.2. The molecule has 100 valence electrons. The molecular formula is C15H12N2O2S. The number of pyridine rings is 1. The second-order valence-corrected chi connectivity index (χ2v) is 5.42. The summed E-state index contributed by atoms with van der Waals surface area (Å²) in [6.45, 7) is 1.83. The molecule has 1 aromatic carbocycles. The van der Waals surface area contributed by atoms with Gasteiger partial charge in [0.1, 0.15) is 5.56 Å². The minimum absolute atomic E-state index is 0.168. The van der Waals surface area contributed by atoms with Crippen LogP contribution in [0.15, 0.2) is 41.9 Å². The molecule has 2 aromatic heterocycles. The lowest BCUT2D eigenvalue weighted by molar-refractivity contribution is 0.0697. The molecule has 4 nitrogen and oxygen atoms in total. The summed E-state index contributed by atoms with van der Waals surface area (Å²) in [6.07, 6.45) is 1.38. The first kappa shape index (κ1) is 12.6. The number of hydrogen-bond acceptors (Lipinski definition) is 4. The van der Waals surface area contributed by atoms with Crippen LogP contribution in [0.5, 0.6) is 0 Å². The van der Waals surface area contributed by atoms with E-state index in [2.05, 4.69) is 10.3 Å². The van der Waals surface area contributed by atoms with Gasteiger partial charge in [-0.05, 0) is 48.0 Å². The van der Waals surface area contributed by atoms with Crippen molar-refractivity contribution in [1.82, 2.24) is 4.98 Å². The van der Waals surface area contributed by atoms with Crippen molar-refractivity contribution in [3.05, 3.63) is 53.2 Å². The van der Waals surface area contributed by atoms with E-state index >= 15 is 0 Å². The van der Waals surface area contributed by atoms with Crippen LogP contribution in [-0.4, -0.2) is 16.1 Å². The Balaban J connectivity index is 2.01. The van der Waals surface area contributed by atoms with E-state index in [0.717, 1.165) is 16.8 Å². The second-order valence-electron chi connectivity index (χ2n) is 4.47. The van der Waals surface area contributed by atoms with Crippen LogP contribution in [0.1, 0.15) is 16.1 Å². The molecule has 5 heteroatoms. The number of thiophene rings is 1. The third kappa shape index (κ3) is 2.35. The van der Waals surface area contributed by atoms with E-state index < -0.39 is 5.97 Å². The molecule has 0 radical (unpaired) electrons. The van der Waals surface area contributed by atoms with Crippen LogP contribution in [0.4, 0.5) is 11.4 Å². The number of carboxylic acid groups (broad SMARTS) is 1. The summed E-state index contributed by atoms with van der Waals surface area (Å²) >= 11 is 1.68. The lowest BCUT2D eigenvalue weighted by Crippen LogP contribution is -2.04. The minimum atomic E-state index is -0.989. The van der Waals surface area contributed by atoms with E-state index in [0.29, 0.717) is 5.69 Å². The highest BCUT2D eigenvalue weighted by Crippen LogP contribution is 2.27. The highest BCUT2D eigenvalue weighted by Gasteiger charge is 2.11. The first-order chi connectivity index (χ1) is 9.63. The molecule has 0 atom stereocenters. The molecule has 0 aliphatic carbocycles. The molecular weight excluding hydrogens is 272 g/mol. The first-order valence-corrected chi connectivity index (χ1v) is 6.96. The highest BCUT2D eigenvalue weighted by molar-refractivity contribution is 7.17. The number of fused-ring (bicyclic) bond motifs is 1. The number of nitrogens with zero attached hydrogens (tertiary/aromatic N) is 1. The largest absolute Gasteiger partial charge is 0.478 e. The predicted molar refractivity (Wildman–Crippen MR) is 81.0 cm³/mol. The van der Waals surface area contributed by atoms with Gasteiger partial charge in [0.05, 0.1) is 5.69 Å². The average molecular weight is 284 g/mol. The number of anilines is 2. The summed E-state index contributed by atoms with van der Waals surface area (Å²) in [6, 6.07) is 9.76. The molecule has 0 saturated heterocycles. The molecule has 0 saturated carbocycles. The monoisotopic (exact) mass is 284 g/mol. The maximum absolute atomic E-state index is 11.2. The van der Waals surface area contributed by atoms with Gasteiger partial charge in [0.2, 0.25) is 0 Å². The Hall–Kier alpha value is -2.40. The molecule has 0 spiro atoms. The number of aromatic nitrogens is 1. The van der Waals surface area contributed by atoms with E-state index in [1.807, 2.05) is 36.6 Å². The van der Waals surface area contributed by atoms with Gasteiger partial charge >= 0.3 is 5.97 Å². The fourth-order valence-corrected chi connectivity index (χ4v) is 2.80. The summed E-state index contributed by atoms with van der Waals surface area (Å²) in [7, 11) is 0. The van der Waals surface area contributed by atoms with E-state index in [9.17, 15) is 9.90 Å². The predicted octanol–water partition coefficient (Wildman–Crippen LogP) is 4.05. The standard InChI is InChI=1S/C15H12N2O2S/c1-9-6-13(12(8-16-9)15(18)19)17-11-2-3-14-10(7-11)4-5-20-14/h2-8H,1H3,(H,16,17)(H,18,19). The number of nitrogens with one attached hydrogen (secondary N) is 1. The molecule has 3 aromatic rings. The number of rotatable bonds is 3. The second kappa shape index (κ2) is 4.94. The van der Waals surface area contributed by atoms with Gasteiger partial charge in [-0.25, -0.2) is 4.79 Å². The van der Waals surface area contributed by atoms with Gasteiger partial charge in [0.15, 0.2) is 0 Å².